The summed E-state index contributed by atoms with van der Waals surface area (Å²) >= 11 is 6.53. The van der Waals surface area contributed by atoms with Crippen LogP contribution in [0.15, 0.2) is 18.7 Å². The van der Waals surface area contributed by atoms with Gasteiger partial charge in [0.15, 0.2) is 11.3 Å². The zero-order valence-electron chi connectivity index (χ0n) is 20.0. The van der Waals surface area contributed by atoms with Crippen molar-refractivity contribution in [3.8, 4) is 5.75 Å². The second-order valence-electron chi connectivity index (χ2n) is 8.50. The molecule has 0 aliphatic carbocycles. The molecular formula is C21H22ClF3N6O5S. The highest BCUT2D eigenvalue weighted by Crippen LogP contribution is 2.44. The van der Waals surface area contributed by atoms with Crippen LogP contribution in [0.2, 0.25) is 5.02 Å². The van der Waals surface area contributed by atoms with E-state index in [1.54, 1.807) is 13.0 Å². The number of hydrogen-bond donors (Lipinski definition) is 1. The number of nitrogens with zero attached hydrogens (tertiary/aromatic N) is 5. The minimum Gasteiger partial charge on any atom is -0.496 e. The van der Waals surface area contributed by atoms with Crippen molar-refractivity contribution in [2.24, 2.45) is 0 Å². The fourth-order valence-corrected chi connectivity index (χ4v) is 5.23. The smallest absolute Gasteiger partial charge is 0.493 e. The summed E-state index contributed by atoms with van der Waals surface area (Å²) in [6.45, 7) is 4.19. The topological polar surface area (TPSA) is 129 Å². The highest BCUT2D eigenvalue weighted by molar-refractivity contribution is 7.88. The highest BCUT2D eigenvalue weighted by atomic mass is 35.5. The van der Waals surface area contributed by atoms with E-state index in [1.165, 1.54) is 11.4 Å². The van der Waals surface area contributed by atoms with Crippen LogP contribution in [0.3, 0.4) is 0 Å². The zero-order valence-corrected chi connectivity index (χ0v) is 21.6. The molecule has 1 fully saturated rings. The Hall–Kier alpha value is -3.17. The number of anilines is 1. The summed E-state index contributed by atoms with van der Waals surface area (Å²) in [6.07, 6.45) is -2.09. The normalized spacial score (nSPS) is 15.9. The van der Waals surface area contributed by atoms with Gasteiger partial charge in [0.05, 0.1) is 19.4 Å². The van der Waals surface area contributed by atoms with E-state index in [1.807, 2.05) is 6.92 Å². The molecular weight excluding hydrogens is 541 g/mol. The molecule has 37 heavy (non-hydrogen) atoms. The van der Waals surface area contributed by atoms with Crippen LogP contribution in [-0.2, 0) is 14.8 Å². The van der Waals surface area contributed by atoms with Crippen molar-refractivity contribution in [3.63, 3.8) is 0 Å². The molecule has 1 aliphatic heterocycles. The van der Waals surface area contributed by atoms with Crippen molar-refractivity contribution < 1.29 is 36.0 Å². The van der Waals surface area contributed by atoms with E-state index in [4.69, 9.17) is 16.3 Å². The highest BCUT2D eigenvalue weighted by Gasteiger charge is 2.42. The lowest BCUT2D eigenvalue weighted by atomic mass is 9.86. The number of fused-ring (bicyclic) bond motifs is 1. The minimum atomic E-state index is -5.20. The van der Waals surface area contributed by atoms with Crippen LogP contribution in [0.25, 0.3) is 11.2 Å². The fourth-order valence-electron chi connectivity index (χ4n) is 4.11. The summed E-state index contributed by atoms with van der Waals surface area (Å²) in [5, 5.41) is 3.57. The first-order chi connectivity index (χ1) is 17.2. The quantitative estimate of drug-likeness (QED) is 0.462. The maximum Gasteiger partial charge on any atom is 0.493 e. The van der Waals surface area contributed by atoms with Crippen LogP contribution < -0.4 is 14.9 Å². The number of ether oxygens (including phenoxy) is 1. The number of aromatic nitrogens is 4. The number of benzene rings is 1. The average molecular weight is 563 g/mol. The van der Waals surface area contributed by atoms with Gasteiger partial charge < -0.3 is 14.9 Å². The van der Waals surface area contributed by atoms with E-state index in [2.05, 4.69) is 25.1 Å². The second-order valence-corrected chi connectivity index (χ2v) is 10.9. The van der Waals surface area contributed by atoms with Gasteiger partial charge in [-0.2, -0.15) is 13.2 Å². The van der Waals surface area contributed by atoms with Crippen LogP contribution in [-0.4, -0.2) is 71.0 Å². The number of alkyl halides is 3. The molecule has 11 nitrogen and oxygen atoms in total. The van der Waals surface area contributed by atoms with Gasteiger partial charge in [-0.1, -0.05) is 11.6 Å². The molecule has 1 aromatic carbocycles. The van der Waals surface area contributed by atoms with Crippen molar-refractivity contribution in [1.29, 1.82) is 0 Å². The number of rotatable bonds is 7. The molecule has 1 saturated heterocycles. The number of carbonyl (C=O) groups is 1. The first kappa shape index (κ1) is 26.9. The summed E-state index contributed by atoms with van der Waals surface area (Å²) < 4.78 is 69.1. The fraction of sp³-hybridized carbons (Fsp3) is 0.429. The third-order valence-electron chi connectivity index (χ3n) is 6.02. The van der Waals surface area contributed by atoms with Crippen molar-refractivity contribution in [2.45, 2.75) is 32.0 Å². The number of methoxy groups -OCH3 is 1. The maximum absolute atomic E-state index is 12.6. The molecule has 200 valence electrons. The Morgan fingerprint density at radius 3 is 2.54 bits per heavy atom. The monoisotopic (exact) mass is 562 g/mol. The largest absolute Gasteiger partial charge is 0.496 e. The number of carbonyl (C=O) groups excluding carboxylic acids is 1. The van der Waals surface area contributed by atoms with Gasteiger partial charge >= 0.3 is 12.1 Å². The van der Waals surface area contributed by atoms with Crippen LogP contribution in [0.5, 0.6) is 5.75 Å². The van der Waals surface area contributed by atoms with Gasteiger partial charge in [-0.05, 0) is 25.5 Å². The molecule has 0 spiro atoms. The summed E-state index contributed by atoms with van der Waals surface area (Å²) in [7, 11) is -1.83. The first-order valence-electron chi connectivity index (χ1n) is 10.8. The van der Waals surface area contributed by atoms with Crippen molar-refractivity contribution >= 4 is 44.6 Å². The molecule has 16 heteroatoms. The molecule has 0 saturated carbocycles. The van der Waals surface area contributed by atoms with E-state index < -0.39 is 28.2 Å². The first-order valence-corrected chi connectivity index (χ1v) is 13.0. The predicted molar refractivity (Wildman–Crippen MR) is 127 cm³/mol. The van der Waals surface area contributed by atoms with Crippen molar-refractivity contribution in [3.05, 3.63) is 40.4 Å². The number of imidazole rings is 1. The summed E-state index contributed by atoms with van der Waals surface area (Å²) in [4.78, 5) is 27.5. The van der Waals surface area contributed by atoms with E-state index >= 15 is 0 Å². The number of nitrogens with one attached hydrogen (secondary N) is 1. The van der Waals surface area contributed by atoms with Gasteiger partial charge in [-0.25, -0.2) is 32.5 Å². The molecule has 2 aromatic heterocycles. The molecule has 4 rings (SSSR count). The van der Waals surface area contributed by atoms with Crippen LogP contribution in [0.4, 0.5) is 19.0 Å². The average Bonchev–Trinajstić information content (AvgIpc) is 3.17. The molecule has 0 amide bonds. The number of hydrogen-bond acceptors (Lipinski definition) is 9. The lowest BCUT2D eigenvalue weighted by Crippen LogP contribution is -2.48. The van der Waals surface area contributed by atoms with Gasteiger partial charge in [0.2, 0.25) is 15.7 Å². The Morgan fingerprint density at radius 2 is 1.95 bits per heavy atom. The lowest BCUT2D eigenvalue weighted by Gasteiger charge is -2.39. The molecule has 1 N–H and O–H groups in total. The van der Waals surface area contributed by atoms with E-state index in [9.17, 15) is 26.4 Å². The Labute approximate surface area is 214 Å². The molecule has 0 bridgehead atoms. The molecule has 3 heterocycles. The summed E-state index contributed by atoms with van der Waals surface area (Å²) in [5.74, 6) is -1.87. The Balaban J connectivity index is 1.65. The van der Waals surface area contributed by atoms with E-state index in [0.29, 0.717) is 21.1 Å². The molecule has 1 atom stereocenters. The Kier molecular flexibility index (Phi) is 6.98. The molecule has 0 radical (unpaired) electrons. The third-order valence-corrected chi connectivity index (χ3v) is 7.65. The van der Waals surface area contributed by atoms with Gasteiger partial charge in [0.25, 0.3) is 0 Å². The Bertz CT molecular complexity index is 1470. The zero-order chi connectivity index (χ0) is 27.3. The molecule has 1 aliphatic rings. The van der Waals surface area contributed by atoms with Gasteiger partial charge in [-0.15, -0.1) is 4.73 Å². The van der Waals surface area contributed by atoms with E-state index in [-0.39, 0.29) is 36.0 Å². The maximum atomic E-state index is 12.6. The van der Waals surface area contributed by atoms with Crippen LogP contribution in [0.1, 0.15) is 35.6 Å². The summed E-state index contributed by atoms with van der Waals surface area (Å²) in [6, 6.07) is 1.21. The summed E-state index contributed by atoms with van der Waals surface area (Å²) in [5.41, 5.74) is 2.09. The van der Waals surface area contributed by atoms with Crippen molar-refractivity contribution in [2.75, 3.05) is 31.8 Å². The van der Waals surface area contributed by atoms with Gasteiger partial charge in [0, 0.05) is 35.2 Å². The van der Waals surface area contributed by atoms with Crippen molar-refractivity contribution in [1.82, 2.24) is 24.0 Å². The predicted octanol–water partition coefficient (Wildman–Crippen LogP) is 2.85. The number of sulfonamides is 1. The number of halogens is 4. The minimum absolute atomic E-state index is 0.0597. The lowest BCUT2D eigenvalue weighted by molar-refractivity contribution is -0.199. The third kappa shape index (κ3) is 5.15. The van der Waals surface area contributed by atoms with Crippen LogP contribution in [0, 0.1) is 6.92 Å². The SMILES string of the molecule is COc1c(C(C)Nc2ncnc3c2ncn3OC(=O)C(F)(F)F)cc(Cl)c(C)c1C1CN(S(C)(=O)=O)C1. The molecule has 3 aromatic rings. The van der Waals surface area contributed by atoms with Crippen LogP contribution >= 0.6 is 11.6 Å². The standard InChI is InChI=1S/C21H22ClF3N6O5S/c1-10-14(22)5-13(17(35-3)15(10)12-6-30(7-12)37(4,33)34)11(2)29-18-16-19(27-8-26-18)31(9-28-16)36-20(32)21(23,24)25/h5,8-9,11-12H,6-7H2,1-4H3,(H,26,27,29). The Morgan fingerprint density at radius 1 is 1.27 bits per heavy atom. The van der Waals surface area contributed by atoms with E-state index in [0.717, 1.165) is 30.0 Å². The van der Waals surface area contributed by atoms with Gasteiger partial charge in [0.1, 0.15) is 18.4 Å². The second kappa shape index (κ2) is 9.61. The molecule has 1 unspecified atom stereocenters. The van der Waals surface area contributed by atoms with Gasteiger partial charge in [-0.3, -0.25) is 0 Å².